The van der Waals surface area contributed by atoms with Gasteiger partial charge in [-0.1, -0.05) is 103 Å². The van der Waals surface area contributed by atoms with E-state index in [2.05, 4.69) is 79.7 Å². The van der Waals surface area contributed by atoms with Crippen molar-refractivity contribution >= 4 is 5.97 Å². The number of carbonyl (C=O) groups excluding carboxylic acids is 1. The third kappa shape index (κ3) is 4.59. The zero-order chi connectivity index (χ0) is 26.5. The molecule has 0 N–H and O–H groups in total. The molecule has 5 rings (SSSR count). The SMILES string of the molecule is COc1ccc(C(c2ccccc2)(c2ccccc2)c2ccc(OC(=O)c3ccccc3)c(C)c2)cc1C. The summed E-state index contributed by atoms with van der Waals surface area (Å²) in [6.45, 7) is 4.05. The fourth-order valence-electron chi connectivity index (χ4n) is 5.22. The van der Waals surface area contributed by atoms with E-state index in [1.807, 2.05) is 49.4 Å². The van der Waals surface area contributed by atoms with Gasteiger partial charge >= 0.3 is 5.97 Å². The predicted octanol–water partition coefficient (Wildman–Crippen LogP) is 7.91. The summed E-state index contributed by atoms with van der Waals surface area (Å²) in [5, 5.41) is 0. The van der Waals surface area contributed by atoms with Crippen LogP contribution in [0.15, 0.2) is 127 Å². The summed E-state index contributed by atoms with van der Waals surface area (Å²) in [6.07, 6.45) is 0. The van der Waals surface area contributed by atoms with Crippen LogP contribution in [0.2, 0.25) is 0 Å². The van der Waals surface area contributed by atoms with Gasteiger partial charge in [-0.3, -0.25) is 0 Å². The molecule has 0 bridgehead atoms. The van der Waals surface area contributed by atoms with E-state index < -0.39 is 5.41 Å². The highest BCUT2D eigenvalue weighted by Crippen LogP contribution is 2.46. The van der Waals surface area contributed by atoms with Crippen molar-refractivity contribution in [3.8, 4) is 11.5 Å². The number of hydrogen-bond donors (Lipinski definition) is 0. The van der Waals surface area contributed by atoms with E-state index in [0.717, 1.165) is 39.1 Å². The maximum Gasteiger partial charge on any atom is 0.343 e. The number of methoxy groups -OCH3 is 1. The number of benzene rings is 5. The lowest BCUT2D eigenvalue weighted by atomic mass is 9.64. The molecule has 5 aromatic carbocycles. The average molecular weight is 499 g/mol. The zero-order valence-corrected chi connectivity index (χ0v) is 21.8. The summed E-state index contributed by atoms with van der Waals surface area (Å²) in [5.41, 5.74) is 6.35. The quantitative estimate of drug-likeness (QED) is 0.130. The van der Waals surface area contributed by atoms with Gasteiger partial charge in [-0.05, 0) is 71.5 Å². The molecule has 0 aliphatic carbocycles. The van der Waals surface area contributed by atoms with Gasteiger partial charge in [0.05, 0.1) is 18.1 Å². The van der Waals surface area contributed by atoms with Gasteiger partial charge in [0.25, 0.3) is 0 Å². The molecule has 0 spiro atoms. The van der Waals surface area contributed by atoms with Gasteiger partial charge < -0.3 is 9.47 Å². The third-order valence-corrected chi connectivity index (χ3v) is 7.06. The molecule has 3 heteroatoms. The Morgan fingerprint density at radius 2 is 1.00 bits per heavy atom. The molecule has 0 radical (unpaired) electrons. The van der Waals surface area contributed by atoms with E-state index >= 15 is 0 Å². The van der Waals surface area contributed by atoms with Gasteiger partial charge in [-0.25, -0.2) is 4.79 Å². The molecule has 0 heterocycles. The fraction of sp³-hybridized carbons (Fsp3) is 0.114. The summed E-state index contributed by atoms with van der Waals surface area (Å²) in [7, 11) is 1.70. The van der Waals surface area contributed by atoms with Crippen LogP contribution < -0.4 is 9.47 Å². The summed E-state index contributed by atoms with van der Waals surface area (Å²) in [5.74, 6) is 1.02. The topological polar surface area (TPSA) is 35.5 Å². The van der Waals surface area contributed by atoms with E-state index in [1.54, 1.807) is 19.2 Å². The zero-order valence-electron chi connectivity index (χ0n) is 21.8. The highest BCUT2D eigenvalue weighted by molar-refractivity contribution is 5.91. The standard InChI is InChI=1S/C35H30O3/c1-25-23-30(19-21-32(25)37-3)35(28-15-9-5-10-16-28,29-17-11-6-12-18-29)31-20-22-33(26(2)24-31)38-34(36)27-13-7-4-8-14-27/h4-24H,1-3H3. The van der Waals surface area contributed by atoms with Crippen molar-refractivity contribution in [2.45, 2.75) is 19.3 Å². The number of ether oxygens (including phenoxy) is 2. The maximum atomic E-state index is 12.8. The van der Waals surface area contributed by atoms with Gasteiger partial charge in [0, 0.05) is 0 Å². The molecule has 0 fully saturated rings. The molecular weight excluding hydrogens is 468 g/mol. The molecule has 0 aliphatic rings. The van der Waals surface area contributed by atoms with E-state index in [9.17, 15) is 4.79 Å². The van der Waals surface area contributed by atoms with Gasteiger partial charge in [-0.15, -0.1) is 0 Å². The monoisotopic (exact) mass is 498 g/mol. The number of aryl methyl sites for hydroxylation is 2. The number of hydrogen-bond acceptors (Lipinski definition) is 3. The first kappa shape index (κ1) is 25.0. The molecular formula is C35H30O3. The molecule has 0 amide bonds. The van der Waals surface area contributed by atoms with Crippen LogP contribution >= 0.6 is 0 Å². The van der Waals surface area contributed by atoms with E-state index in [4.69, 9.17) is 9.47 Å². The molecule has 5 aromatic rings. The van der Waals surface area contributed by atoms with Crippen LogP contribution in [0, 0.1) is 13.8 Å². The van der Waals surface area contributed by atoms with Gasteiger partial charge in [0.2, 0.25) is 0 Å². The van der Waals surface area contributed by atoms with Crippen molar-refractivity contribution in [1.82, 2.24) is 0 Å². The van der Waals surface area contributed by atoms with E-state index in [0.29, 0.717) is 11.3 Å². The predicted molar refractivity (Wildman–Crippen MR) is 152 cm³/mol. The lowest BCUT2D eigenvalue weighted by molar-refractivity contribution is 0.0733. The van der Waals surface area contributed by atoms with Crippen molar-refractivity contribution in [1.29, 1.82) is 0 Å². The maximum absolute atomic E-state index is 12.8. The minimum Gasteiger partial charge on any atom is -0.496 e. The van der Waals surface area contributed by atoms with Gasteiger partial charge in [0.15, 0.2) is 0 Å². The van der Waals surface area contributed by atoms with Gasteiger partial charge in [-0.2, -0.15) is 0 Å². The number of rotatable bonds is 7. The van der Waals surface area contributed by atoms with Crippen LogP contribution in [0.5, 0.6) is 11.5 Å². The van der Waals surface area contributed by atoms with Crippen molar-refractivity contribution in [2.24, 2.45) is 0 Å². The van der Waals surface area contributed by atoms with E-state index in [1.165, 1.54) is 0 Å². The summed E-state index contributed by atoms with van der Waals surface area (Å²) < 4.78 is 11.4. The largest absolute Gasteiger partial charge is 0.496 e. The van der Waals surface area contributed by atoms with Crippen molar-refractivity contribution in [3.05, 3.63) is 166 Å². The Morgan fingerprint density at radius 3 is 1.45 bits per heavy atom. The molecule has 188 valence electrons. The van der Waals surface area contributed by atoms with Crippen LogP contribution in [-0.2, 0) is 5.41 Å². The number of esters is 1. The highest BCUT2D eigenvalue weighted by Gasteiger charge is 2.39. The Balaban J connectivity index is 1.71. The van der Waals surface area contributed by atoms with Crippen molar-refractivity contribution in [2.75, 3.05) is 7.11 Å². The number of carbonyl (C=O) groups is 1. The van der Waals surface area contributed by atoms with Crippen LogP contribution in [0.1, 0.15) is 43.7 Å². The van der Waals surface area contributed by atoms with Crippen LogP contribution in [0.3, 0.4) is 0 Å². The summed E-state index contributed by atoms with van der Waals surface area (Å²) in [4.78, 5) is 12.8. The first-order valence-electron chi connectivity index (χ1n) is 12.7. The Labute approximate surface area is 224 Å². The molecule has 0 atom stereocenters. The second-order valence-corrected chi connectivity index (χ2v) is 9.40. The minimum absolute atomic E-state index is 0.371. The summed E-state index contributed by atoms with van der Waals surface area (Å²) in [6, 6.07) is 42.6. The lowest BCUT2D eigenvalue weighted by Crippen LogP contribution is -2.31. The molecule has 3 nitrogen and oxygen atoms in total. The van der Waals surface area contributed by atoms with Crippen LogP contribution in [-0.4, -0.2) is 13.1 Å². The first-order chi connectivity index (χ1) is 18.5. The molecule has 0 saturated heterocycles. The molecule has 0 aliphatic heterocycles. The molecule has 0 unspecified atom stereocenters. The third-order valence-electron chi connectivity index (χ3n) is 7.06. The lowest BCUT2D eigenvalue weighted by Gasteiger charge is -2.37. The Kier molecular flexibility index (Phi) is 7.10. The normalized spacial score (nSPS) is 11.1. The first-order valence-corrected chi connectivity index (χ1v) is 12.7. The fourth-order valence-corrected chi connectivity index (χ4v) is 5.22. The van der Waals surface area contributed by atoms with E-state index in [-0.39, 0.29) is 5.97 Å². The molecule has 0 saturated carbocycles. The Hall–Kier alpha value is -4.63. The second kappa shape index (κ2) is 10.8. The van der Waals surface area contributed by atoms with Crippen molar-refractivity contribution < 1.29 is 14.3 Å². The highest BCUT2D eigenvalue weighted by atomic mass is 16.5. The van der Waals surface area contributed by atoms with Gasteiger partial charge in [0.1, 0.15) is 11.5 Å². The summed E-state index contributed by atoms with van der Waals surface area (Å²) >= 11 is 0. The second-order valence-electron chi connectivity index (χ2n) is 9.40. The van der Waals surface area contributed by atoms with Crippen molar-refractivity contribution in [3.63, 3.8) is 0 Å². The molecule has 38 heavy (non-hydrogen) atoms. The Bertz CT molecular complexity index is 1500. The Morgan fingerprint density at radius 1 is 0.553 bits per heavy atom. The minimum atomic E-state index is -0.605. The molecule has 0 aromatic heterocycles. The van der Waals surface area contributed by atoms with Crippen LogP contribution in [0.25, 0.3) is 0 Å². The van der Waals surface area contributed by atoms with Crippen LogP contribution in [0.4, 0.5) is 0 Å². The smallest absolute Gasteiger partial charge is 0.343 e. The average Bonchev–Trinajstić information content (AvgIpc) is 2.96.